The summed E-state index contributed by atoms with van der Waals surface area (Å²) < 4.78 is 0. The SMILES string of the molecule is S=C(NN=Cc1cccc[nH+]1)Nc1ccccc1. The molecular formula is C13H13N4S+. The van der Waals surface area contributed by atoms with Crippen molar-refractivity contribution in [1.29, 1.82) is 0 Å². The molecule has 0 aliphatic carbocycles. The van der Waals surface area contributed by atoms with Gasteiger partial charge in [-0.05, 0) is 30.4 Å². The molecule has 0 spiro atoms. The van der Waals surface area contributed by atoms with Crippen LogP contribution in [0.3, 0.4) is 0 Å². The van der Waals surface area contributed by atoms with Crippen molar-refractivity contribution in [2.75, 3.05) is 5.32 Å². The van der Waals surface area contributed by atoms with Crippen LogP contribution in [0.5, 0.6) is 0 Å². The van der Waals surface area contributed by atoms with Crippen LogP contribution in [0.2, 0.25) is 0 Å². The van der Waals surface area contributed by atoms with Crippen LogP contribution >= 0.6 is 12.2 Å². The van der Waals surface area contributed by atoms with Gasteiger partial charge in [0.25, 0.3) is 0 Å². The van der Waals surface area contributed by atoms with Crippen LogP contribution in [0, 0.1) is 0 Å². The molecule has 3 N–H and O–H groups in total. The topological polar surface area (TPSA) is 50.6 Å². The van der Waals surface area contributed by atoms with Crippen LogP contribution < -0.4 is 15.7 Å². The van der Waals surface area contributed by atoms with E-state index in [4.69, 9.17) is 12.2 Å². The van der Waals surface area contributed by atoms with E-state index in [0.29, 0.717) is 5.11 Å². The van der Waals surface area contributed by atoms with Gasteiger partial charge in [-0.25, -0.2) is 4.98 Å². The van der Waals surface area contributed by atoms with Crippen LogP contribution in [-0.2, 0) is 0 Å². The highest BCUT2D eigenvalue weighted by Gasteiger charge is 1.95. The van der Waals surface area contributed by atoms with Gasteiger partial charge in [-0.3, -0.25) is 5.43 Å². The smallest absolute Gasteiger partial charge is 0.223 e. The summed E-state index contributed by atoms with van der Waals surface area (Å²) in [6, 6.07) is 15.4. The van der Waals surface area contributed by atoms with Gasteiger partial charge in [0.2, 0.25) is 5.69 Å². The van der Waals surface area contributed by atoms with E-state index in [9.17, 15) is 0 Å². The van der Waals surface area contributed by atoms with Gasteiger partial charge >= 0.3 is 0 Å². The second-order valence-corrected chi connectivity index (χ2v) is 3.92. The Bertz CT molecular complexity index is 525. The molecule has 0 aliphatic heterocycles. The van der Waals surface area contributed by atoms with E-state index < -0.39 is 0 Å². The normalized spacial score (nSPS) is 10.2. The van der Waals surface area contributed by atoms with Crippen molar-refractivity contribution >= 4 is 29.2 Å². The van der Waals surface area contributed by atoms with Crippen LogP contribution in [0.4, 0.5) is 5.69 Å². The van der Waals surface area contributed by atoms with Gasteiger partial charge in [0.15, 0.2) is 11.3 Å². The zero-order chi connectivity index (χ0) is 12.6. The third-order valence-electron chi connectivity index (χ3n) is 2.13. The predicted molar refractivity (Wildman–Crippen MR) is 76.4 cm³/mol. The first-order chi connectivity index (χ1) is 8.84. The lowest BCUT2D eigenvalue weighted by Crippen LogP contribution is -2.24. The first-order valence-corrected chi connectivity index (χ1v) is 5.87. The minimum absolute atomic E-state index is 0.452. The number of rotatable bonds is 3. The maximum Gasteiger partial charge on any atom is 0.223 e. The number of benzene rings is 1. The zero-order valence-corrected chi connectivity index (χ0v) is 10.4. The molecule has 0 aliphatic rings. The van der Waals surface area contributed by atoms with Gasteiger partial charge in [0.05, 0.1) is 0 Å². The number of nitrogens with zero attached hydrogens (tertiary/aromatic N) is 1. The lowest BCUT2D eigenvalue weighted by molar-refractivity contribution is -0.379. The number of hydrogen-bond donors (Lipinski definition) is 2. The number of thiocarbonyl (C=S) groups is 1. The minimum Gasteiger partial charge on any atom is -0.331 e. The van der Waals surface area contributed by atoms with E-state index in [1.54, 1.807) is 6.21 Å². The molecule has 0 amide bonds. The quantitative estimate of drug-likeness (QED) is 0.501. The van der Waals surface area contributed by atoms with Gasteiger partial charge in [-0.2, -0.15) is 5.10 Å². The highest BCUT2D eigenvalue weighted by molar-refractivity contribution is 7.80. The van der Waals surface area contributed by atoms with Crippen molar-refractivity contribution in [3.05, 3.63) is 60.4 Å². The van der Waals surface area contributed by atoms with E-state index in [0.717, 1.165) is 11.4 Å². The molecule has 2 aromatic rings. The van der Waals surface area contributed by atoms with E-state index in [1.807, 2.05) is 54.7 Å². The Morgan fingerprint density at radius 2 is 1.89 bits per heavy atom. The Balaban J connectivity index is 1.84. The molecule has 0 saturated carbocycles. The molecule has 0 fully saturated rings. The lowest BCUT2D eigenvalue weighted by Gasteiger charge is -2.05. The fraction of sp³-hybridized carbons (Fsp3) is 0. The molecule has 0 radical (unpaired) electrons. The number of aromatic amines is 1. The summed E-state index contributed by atoms with van der Waals surface area (Å²) in [5.74, 6) is 0. The van der Waals surface area contributed by atoms with Crippen LogP contribution in [0.15, 0.2) is 59.8 Å². The number of hydrogen-bond acceptors (Lipinski definition) is 2. The first-order valence-electron chi connectivity index (χ1n) is 5.46. The Morgan fingerprint density at radius 1 is 1.11 bits per heavy atom. The van der Waals surface area contributed by atoms with Crippen molar-refractivity contribution in [3.8, 4) is 0 Å². The molecule has 0 saturated heterocycles. The first kappa shape index (κ1) is 12.2. The minimum atomic E-state index is 0.452. The van der Waals surface area contributed by atoms with Crippen LogP contribution in [0.25, 0.3) is 0 Å². The fourth-order valence-electron chi connectivity index (χ4n) is 1.33. The number of nitrogens with one attached hydrogen (secondary N) is 3. The predicted octanol–water partition coefficient (Wildman–Crippen LogP) is 1.82. The highest BCUT2D eigenvalue weighted by Crippen LogP contribution is 2.03. The average Bonchev–Trinajstić information content (AvgIpc) is 2.41. The van der Waals surface area contributed by atoms with E-state index in [-0.39, 0.29) is 0 Å². The maximum absolute atomic E-state index is 5.11. The van der Waals surface area contributed by atoms with Gasteiger partial charge < -0.3 is 5.32 Å². The van der Waals surface area contributed by atoms with Gasteiger partial charge in [-0.15, -0.1) is 0 Å². The standard InChI is InChI=1S/C13H12N4S/c18-13(16-11-6-2-1-3-7-11)17-15-10-12-8-4-5-9-14-12/h1-10H,(H2,16,17,18)/p+1. The van der Waals surface area contributed by atoms with Crippen LogP contribution in [-0.4, -0.2) is 11.3 Å². The zero-order valence-electron chi connectivity index (χ0n) is 9.63. The van der Waals surface area contributed by atoms with Crippen molar-refractivity contribution in [2.45, 2.75) is 0 Å². The van der Waals surface area contributed by atoms with Gasteiger partial charge in [-0.1, -0.05) is 18.2 Å². The Morgan fingerprint density at radius 3 is 2.61 bits per heavy atom. The fourth-order valence-corrected chi connectivity index (χ4v) is 1.50. The maximum atomic E-state index is 5.11. The van der Waals surface area contributed by atoms with Crippen molar-refractivity contribution < 1.29 is 4.98 Å². The Kier molecular flexibility index (Phi) is 4.38. The van der Waals surface area contributed by atoms with E-state index >= 15 is 0 Å². The van der Waals surface area contributed by atoms with Crippen LogP contribution in [0.1, 0.15) is 5.69 Å². The number of anilines is 1. The highest BCUT2D eigenvalue weighted by atomic mass is 32.1. The second kappa shape index (κ2) is 6.46. The monoisotopic (exact) mass is 257 g/mol. The third-order valence-corrected chi connectivity index (χ3v) is 2.33. The molecule has 0 bridgehead atoms. The molecule has 1 aromatic carbocycles. The summed E-state index contributed by atoms with van der Waals surface area (Å²) in [7, 11) is 0. The molecule has 5 heteroatoms. The molecule has 1 aromatic heterocycles. The number of para-hydroxylation sites is 1. The number of aromatic nitrogens is 1. The molecule has 90 valence electrons. The number of hydrazone groups is 1. The summed E-state index contributed by atoms with van der Waals surface area (Å²) in [6.07, 6.45) is 3.50. The molecule has 18 heavy (non-hydrogen) atoms. The molecular weight excluding hydrogens is 244 g/mol. The Hall–Kier alpha value is -2.27. The molecule has 1 heterocycles. The number of pyridine rings is 1. The summed E-state index contributed by atoms with van der Waals surface area (Å²) in [5, 5.41) is 7.50. The van der Waals surface area contributed by atoms with Crippen molar-refractivity contribution in [1.82, 2.24) is 5.43 Å². The number of H-pyrrole nitrogens is 1. The molecule has 4 nitrogen and oxygen atoms in total. The van der Waals surface area contributed by atoms with Gasteiger partial charge in [0, 0.05) is 17.8 Å². The summed E-state index contributed by atoms with van der Waals surface area (Å²) in [5.41, 5.74) is 4.57. The van der Waals surface area contributed by atoms with Gasteiger partial charge in [0.1, 0.15) is 6.21 Å². The van der Waals surface area contributed by atoms with Crippen molar-refractivity contribution in [2.24, 2.45) is 5.10 Å². The van der Waals surface area contributed by atoms with E-state index in [1.165, 1.54) is 0 Å². The lowest BCUT2D eigenvalue weighted by atomic mass is 10.3. The average molecular weight is 257 g/mol. The van der Waals surface area contributed by atoms with E-state index in [2.05, 4.69) is 20.8 Å². The molecule has 0 atom stereocenters. The summed E-state index contributed by atoms with van der Waals surface area (Å²) in [6.45, 7) is 0. The molecule has 0 unspecified atom stereocenters. The molecule has 2 rings (SSSR count). The second-order valence-electron chi connectivity index (χ2n) is 3.51. The Labute approximate surface area is 111 Å². The third kappa shape index (κ3) is 3.95. The summed E-state index contributed by atoms with van der Waals surface area (Å²) in [4.78, 5) is 3.04. The largest absolute Gasteiger partial charge is 0.331 e. The van der Waals surface area contributed by atoms with Crippen molar-refractivity contribution in [3.63, 3.8) is 0 Å². The summed E-state index contributed by atoms with van der Waals surface area (Å²) >= 11 is 5.11.